The number of piperidine rings is 2. The minimum absolute atomic E-state index is 0.150. The average molecular weight is 563 g/mol. The SMILES string of the molecule is CCCCCC(C)NSCc1cccc(N2CCC(c3ccc4c(c3)CC(C)N4C3CCC(=O)NC3=O)CC2)c1. The summed E-state index contributed by atoms with van der Waals surface area (Å²) in [5.41, 5.74) is 6.67. The molecule has 0 radical (unpaired) electrons. The van der Waals surface area contributed by atoms with E-state index >= 15 is 0 Å². The Morgan fingerprint density at radius 3 is 2.67 bits per heavy atom. The number of nitrogens with zero attached hydrogens (tertiary/aromatic N) is 2. The van der Waals surface area contributed by atoms with Crippen molar-refractivity contribution in [1.29, 1.82) is 0 Å². The maximum absolute atomic E-state index is 12.6. The first-order chi connectivity index (χ1) is 19.4. The van der Waals surface area contributed by atoms with E-state index in [1.165, 1.54) is 53.7 Å². The lowest BCUT2D eigenvalue weighted by molar-refractivity contribution is -0.134. The van der Waals surface area contributed by atoms with Gasteiger partial charge in [0, 0.05) is 48.7 Å². The molecule has 216 valence electrons. The van der Waals surface area contributed by atoms with Crippen LogP contribution in [-0.4, -0.2) is 43.0 Å². The van der Waals surface area contributed by atoms with Gasteiger partial charge in [-0.1, -0.05) is 62.4 Å². The van der Waals surface area contributed by atoms with Crippen molar-refractivity contribution in [2.45, 2.75) is 108 Å². The first-order valence-electron chi connectivity index (χ1n) is 15.4. The zero-order chi connectivity index (χ0) is 28.1. The summed E-state index contributed by atoms with van der Waals surface area (Å²) >= 11 is 1.84. The van der Waals surface area contributed by atoms with Crippen molar-refractivity contribution in [2.24, 2.45) is 0 Å². The number of carbonyl (C=O) groups is 2. The molecule has 3 atom stereocenters. The van der Waals surface area contributed by atoms with Gasteiger partial charge in [0.15, 0.2) is 0 Å². The van der Waals surface area contributed by atoms with Crippen LogP contribution in [0.2, 0.25) is 0 Å². The van der Waals surface area contributed by atoms with Crippen molar-refractivity contribution in [3.05, 3.63) is 59.2 Å². The van der Waals surface area contributed by atoms with E-state index < -0.39 is 0 Å². The molecule has 3 aliphatic heterocycles. The molecule has 2 saturated heterocycles. The van der Waals surface area contributed by atoms with Crippen LogP contribution in [0.1, 0.15) is 94.7 Å². The van der Waals surface area contributed by atoms with E-state index in [1.54, 1.807) is 0 Å². The summed E-state index contributed by atoms with van der Waals surface area (Å²) < 4.78 is 3.63. The number of fused-ring (bicyclic) bond motifs is 1. The molecule has 2 aromatic carbocycles. The normalized spacial score (nSPS) is 22.4. The van der Waals surface area contributed by atoms with Crippen LogP contribution in [0.15, 0.2) is 42.5 Å². The Morgan fingerprint density at radius 1 is 1.07 bits per heavy atom. The number of benzene rings is 2. The predicted molar refractivity (Wildman–Crippen MR) is 167 cm³/mol. The third-order valence-corrected chi connectivity index (χ3v) is 9.97. The minimum Gasteiger partial charge on any atom is -0.371 e. The monoisotopic (exact) mass is 562 g/mol. The molecule has 3 heterocycles. The molecule has 2 aromatic rings. The smallest absolute Gasteiger partial charge is 0.249 e. The van der Waals surface area contributed by atoms with Gasteiger partial charge in [0.1, 0.15) is 6.04 Å². The van der Waals surface area contributed by atoms with Crippen molar-refractivity contribution < 1.29 is 9.59 Å². The van der Waals surface area contributed by atoms with Gasteiger partial charge >= 0.3 is 0 Å². The van der Waals surface area contributed by atoms with E-state index in [9.17, 15) is 9.59 Å². The quantitative estimate of drug-likeness (QED) is 0.189. The Morgan fingerprint density at radius 2 is 1.90 bits per heavy atom. The van der Waals surface area contributed by atoms with Crippen LogP contribution >= 0.6 is 11.9 Å². The number of rotatable bonds is 11. The van der Waals surface area contributed by atoms with E-state index in [0.29, 0.717) is 24.8 Å². The Kier molecular flexibility index (Phi) is 9.74. The van der Waals surface area contributed by atoms with Crippen molar-refractivity contribution in [2.75, 3.05) is 22.9 Å². The molecule has 5 rings (SSSR count). The van der Waals surface area contributed by atoms with Gasteiger partial charge < -0.3 is 9.80 Å². The van der Waals surface area contributed by atoms with Crippen molar-refractivity contribution in [3.8, 4) is 0 Å². The summed E-state index contributed by atoms with van der Waals surface area (Å²) in [5.74, 6) is 1.26. The summed E-state index contributed by atoms with van der Waals surface area (Å²) in [4.78, 5) is 29.0. The van der Waals surface area contributed by atoms with E-state index in [4.69, 9.17) is 0 Å². The van der Waals surface area contributed by atoms with Crippen molar-refractivity contribution >= 4 is 35.1 Å². The highest BCUT2D eigenvalue weighted by Gasteiger charge is 2.38. The Labute approximate surface area is 244 Å². The molecule has 40 heavy (non-hydrogen) atoms. The maximum atomic E-state index is 12.6. The maximum Gasteiger partial charge on any atom is 0.249 e. The molecule has 3 aliphatic rings. The number of carbonyl (C=O) groups excluding carboxylic acids is 2. The number of nitrogens with one attached hydrogen (secondary N) is 2. The largest absolute Gasteiger partial charge is 0.371 e. The van der Waals surface area contributed by atoms with Gasteiger partial charge in [0.2, 0.25) is 11.8 Å². The van der Waals surface area contributed by atoms with Gasteiger partial charge in [-0.05, 0) is 86.8 Å². The number of unbranched alkanes of at least 4 members (excludes halogenated alkanes) is 2. The van der Waals surface area contributed by atoms with Gasteiger partial charge in [-0.25, -0.2) is 0 Å². The van der Waals surface area contributed by atoms with Crippen LogP contribution < -0.4 is 19.8 Å². The lowest BCUT2D eigenvalue weighted by Crippen LogP contribution is -2.54. The molecule has 2 fully saturated rings. The minimum atomic E-state index is -0.248. The number of imide groups is 1. The first-order valence-corrected chi connectivity index (χ1v) is 16.4. The van der Waals surface area contributed by atoms with Crippen LogP contribution in [-0.2, 0) is 21.8 Å². The van der Waals surface area contributed by atoms with Crippen LogP contribution in [0.25, 0.3) is 0 Å². The fourth-order valence-corrected chi connectivity index (χ4v) is 7.52. The molecule has 0 saturated carbocycles. The summed E-state index contributed by atoms with van der Waals surface area (Å²) in [6.07, 6.45) is 9.44. The summed E-state index contributed by atoms with van der Waals surface area (Å²) in [5, 5.41) is 2.54. The molecule has 7 heteroatoms. The molecule has 6 nitrogen and oxygen atoms in total. The molecule has 2 N–H and O–H groups in total. The van der Waals surface area contributed by atoms with E-state index in [0.717, 1.165) is 38.1 Å². The number of amides is 2. The summed E-state index contributed by atoms with van der Waals surface area (Å²) in [7, 11) is 0. The van der Waals surface area contributed by atoms with Gasteiger partial charge in [-0.3, -0.25) is 19.6 Å². The second-order valence-corrected chi connectivity index (χ2v) is 12.9. The Bertz CT molecular complexity index is 1180. The van der Waals surface area contributed by atoms with Gasteiger partial charge in [0.05, 0.1) is 0 Å². The van der Waals surface area contributed by atoms with Gasteiger partial charge in [-0.2, -0.15) is 0 Å². The highest BCUT2D eigenvalue weighted by Crippen LogP contribution is 2.39. The third-order valence-electron chi connectivity index (χ3n) is 8.92. The van der Waals surface area contributed by atoms with Gasteiger partial charge in [-0.15, -0.1) is 0 Å². The number of anilines is 2. The first kappa shape index (κ1) is 29.0. The number of hydrogen-bond donors (Lipinski definition) is 2. The van der Waals surface area contributed by atoms with Crippen LogP contribution in [0, 0.1) is 0 Å². The van der Waals surface area contributed by atoms with E-state index in [2.05, 4.69) is 83.1 Å². The number of hydrogen-bond acceptors (Lipinski definition) is 6. The fraction of sp³-hybridized carbons (Fsp3) is 0.576. The van der Waals surface area contributed by atoms with Crippen molar-refractivity contribution in [1.82, 2.24) is 10.0 Å². The van der Waals surface area contributed by atoms with Crippen LogP contribution in [0.4, 0.5) is 11.4 Å². The molecule has 0 spiro atoms. The summed E-state index contributed by atoms with van der Waals surface area (Å²) in [6.45, 7) is 8.89. The standard InChI is InChI=1S/C33H46N4O2S/c1-4-5-6-8-23(2)35-40-22-25-9-7-10-29(20-25)36-17-15-26(16-18-36)27-11-12-30-28(21-27)19-24(3)37(30)31-13-14-32(38)34-33(31)39/h7,9-12,20-21,23-24,26,31,35H,4-6,8,13-19,22H2,1-3H3,(H,34,38,39). The zero-order valence-corrected chi connectivity index (χ0v) is 25.3. The van der Waals surface area contributed by atoms with Gasteiger partial charge in [0.25, 0.3) is 0 Å². The zero-order valence-electron chi connectivity index (χ0n) is 24.5. The third kappa shape index (κ3) is 6.85. The highest BCUT2D eigenvalue weighted by molar-refractivity contribution is 7.96. The van der Waals surface area contributed by atoms with E-state index in [1.807, 2.05) is 11.9 Å². The Hall–Kier alpha value is -2.51. The average Bonchev–Trinajstić information content (AvgIpc) is 3.28. The topological polar surface area (TPSA) is 64.7 Å². The Balaban J connectivity index is 1.14. The molecular formula is C33H46N4O2S. The second kappa shape index (κ2) is 13.4. The van der Waals surface area contributed by atoms with Crippen molar-refractivity contribution in [3.63, 3.8) is 0 Å². The molecule has 0 aliphatic carbocycles. The van der Waals surface area contributed by atoms with Crippen LogP contribution in [0.3, 0.4) is 0 Å². The highest BCUT2D eigenvalue weighted by atomic mass is 32.2. The summed E-state index contributed by atoms with van der Waals surface area (Å²) in [6, 6.07) is 16.6. The lowest BCUT2D eigenvalue weighted by Gasteiger charge is -2.35. The van der Waals surface area contributed by atoms with Crippen LogP contribution in [0.5, 0.6) is 0 Å². The molecule has 2 amide bonds. The predicted octanol–water partition coefficient (Wildman–Crippen LogP) is 6.33. The van der Waals surface area contributed by atoms with E-state index in [-0.39, 0.29) is 23.9 Å². The molecule has 3 unspecified atom stereocenters. The molecule has 0 aromatic heterocycles. The molecule has 0 bridgehead atoms. The molecular weight excluding hydrogens is 516 g/mol. The second-order valence-electron chi connectivity index (χ2n) is 12.1. The lowest BCUT2D eigenvalue weighted by atomic mass is 9.88. The fourth-order valence-electron chi connectivity index (χ4n) is 6.69.